The van der Waals surface area contributed by atoms with Crippen molar-refractivity contribution >= 4 is 51.0 Å². The zero-order chi connectivity index (χ0) is 24.0. The van der Waals surface area contributed by atoms with Gasteiger partial charge in [0.2, 0.25) is 0 Å². The molecule has 0 aliphatic rings. The molecule has 0 unspecified atom stereocenters. The maximum Gasteiger partial charge on any atom is 0.253 e. The number of nitrogens with zero attached hydrogens (tertiary/aromatic N) is 3. The highest BCUT2D eigenvalue weighted by atomic mass is 79.9. The summed E-state index contributed by atoms with van der Waals surface area (Å²) in [4.78, 5) is 25.5. The molecule has 33 heavy (non-hydrogen) atoms. The van der Waals surface area contributed by atoms with Crippen molar-refractivity contribution in [2.75, 3.05) is 5.75 Å². The minimum Gasteiger partial charge on any atom is -0.342 e. The first-order valence-corrected chi connectivity index (χ1v) is 12.9. The Morgan fingerprint density at radius 3 is 2.45 bits per heavy atom. The molecule has 1 N–H and O–H groups in total. The molecule has 0 aliphatic carbocycles. The summed E-state index contributed by atoms with van der Waals surface area (Å²) in [5, 5.41) is 12.9. The average Bonchev–Trinajstić information content (AvgIpc) is 3.20. The minimum atomic E-state index is -0.335. The van der Waals surface area contributed by atoms with Crippen LogP contribution >= 0.6 is 39.3 Å². The molecule has 1 amide bonds. The van der Waals surface area contributed by atoms with Crippen LogP contribution in [0.2, 0.25) is 5.02 Å². The lowest BCUT2D eigenvalue weighted by Crippen LogP contribution is -2.31. The van der Waals surface area contributed by atoms with E-state index in [1.165, 1.54) is 11.8 Å². The van der Waals surface area contributed by atoms with Crippen molar-refractivity contribution < 1.29 is 9.59 Å². The molecule has 1 atom stereocenters. The van der Waals surface area contributed by atoms with E-state index in [4.69, 9.17) is 11.6 Å². The van der Waals surface area contributed by atoms with E-state index in [-0.39, 0.29) is 23.5 Å². The van der Waals surface area contributed by atoms with Crippen LogP contribution < -0.4 is 5.32 Å². The predicted molar refractivity (Wildman–Crippen MR) is 136 cm³/mol. The fourth-order valence-electron chi connectivity index (χ4n) is 3.39. The molecule has 3 aromatic rings. The van der Waals surface area contributed by atoms with Gasteiger partial charge >= 0.3 is 0 Å². The second-order valence-electron chi connectivity index (χ2n) is 7.94. The molecule has 0 saturated heterocycles. The lowest BCUT2D eigenvalue weighted by molar-refractivity contribution is 0.0928. The van der Waals surface area contributed by atoms with Crippen molar-refractivity contribution in [3.8, 4) is 0 Å². The number of benzene rings is 2. The number of thioether (sulfide) groups is 1. The van der Waals surface area contributed by atoms with E-state index in [1.54, 1.807) is 36.4 Å². The average molecular weight is 550 g/mol. The highest BCUT2D eigenvalue weighted by Gasteiger charge is 2.25. The summed E-state index contributed by atoms with van der Waals surface area (Å²) in [5.41, 5.74) is 1.07. The fraction of sp³-hybridized carbons (Fsp3) is 0.333. The Labute approximate surface area is 211 Å². The molecule has 0 aliphatic heterocycles. The number of aromatic nitrogens is 3. The van der Waals surface area contributed by atoms with Crippen molar-refractivity contribution in [3.63, 3.8) is 0 Å². The van der Waals surface area contributed by atoms with Crippen LogP contribution in [0.1, 0.15) is 59.8 Å². The Bertz CT molecular complexity index is 1120. The van der Waals surface area contributed by atoms with Crippen molar-refractivity contribution in [1.82, 2.24) is 20.1 Å². The van der Waals surface area contributed by atoms with E-state index in [0.29, 0.717) is 46.0 Å². The predicted octanol–water partition coefficient (Wildman–Crippen LogP) is 6.21. The van der Waals surface area contributed by atoms with Crippen LogP contribution in [0, 0.1) is 5.92 Å². The van der Waals surface area contributed by atoms with Gasteiger partial charge in [-0.2, -0.15) is 0 Å². The summed E-state index contributed by atoms with van der Waals surface area (Å²) in [6.45, 7) is 6.80. The van der Waals surface area contributed by atoms with Gasteiger partial charge in [0.05, 0.1) is 22.4 Å². The Balaban J connectivity index is 1.79. The van der Waals surface area contributed by atoms with Gasteiger partial charge in [0, 0.05) is 16.6 Å². The molecule has 9 heteroatoms. The Kier molecular flexibility index (Phi) is 9.11. The third-order valence-corrected chi connectivity index (χ3v) is 6.83. The van der Waals surface area contributed by atoms with Crippen molar-refractivity contribution in [3.05, 3.63) is 75.0 Å². The van der Waals surface area contributed by atoms with Crippen LogP contribution in [0.25, 0.3) is 0 Å². The van der Waals surface area contributed by atoms with Gasteiger partial charge in [-0.05, 0) is 43.5 Å². The zero-order valence-electron chi connectivity index (χ0n) is 18.7. The van der Waals surface area contributed by atoms with Crippen LogP contribution in [-0.4, -0.2) is 32.2 Å². The number of hydrogen-bond donors (Lipinski definition) is 1. The number of ketones is 1. The topological polar surface area (TPSA) is 76.9 Å². The molecule has 1 aromatic heterocycles. The van der Waals surface area contributed by atoms with Crippen LogP contribution in [0.3, 0.4) is 0 Å². The standard InChI is InChI=1S/C24H26BrClN4O2S/c1-4-30-22(20(13-15(2)3)27-23(32)18-7-5-6-8-19(18)26)28-29-24(30)33-14-21(31)16-9-11-17(25)12-10-16/h5-12,15,20H,4,13-14H2,1-3H3,(H,27,32)/t20-/m0/s1. The van der Waals surface area contributed by atoms with Crippen LogP contribution in [0.5, 0.6) is 0 Å². The smallest absolute Gasteiger partial charge is 0.253 e. The normalized spacial score (nSPS) is 12.1. The number of nitrogens with one attached hydrogen (secondary N) is 1. The number of hydrogen-bond acceptors (Lipinski definition) is 5. The number of carbonyl (C=O) groups is 2. The van der Waals surface area contributed by atoms with Gasteiger partial charge < -0.3 is 9.88 Å². The van der Waals surface area contributed by atoms with Crippen molar-refractivity contribution in [2.45, 2.75) is 44.9 Å². The summed E-state index contributed by atoms with van der Waals surface area (Å²) < 4.78 is 2.89. The SMILES string of the molecule is CCn1c(SCC(=O)c2ccc(Br)cc2)nnc1[C@H](CC(C)C)NC(=O)c1ccccc1Cl. The molecule has 0 bridgehead atoms. The maximum atomic E-state index is 12.9. The summed E-state index contributed by atoms with van der Waals surface area (Å²) >= 11 is 10.9. The van der Waals surface area contributed by atoms with Crippen LogP contribution in [-0.2, 0) is 6.54 Å². The molecule has 0 fully saturated rings. The Hall–Kier alpha value is -2.16. The lowest BCUT2D eigenvalue weighted by Gasteiger charge is -2.21. The number of halogens is 2. The Morgan fingerprint density at radius 2 is 1.82 bits per heavy atom. The van der Waals surface area contributed by atoms with E-state index in [2.05, 4.69) is 45.3 Å². The molecule has 2 aromatic carbocycles. The van der Waals surface area contributed by atoms with Crippen molar-refractivity contribution in [2.24, 2.45) is 5.92 Å². The first-order valence-electron chi connectivity index (χ1n) is 10.7. The fourth-order valence-corrected chi connectivity index (χ4v) is 4.78. The summed E-state index contributed by atoms with van der Waals surface area (Å²) in [5.74, 6) is 1.01. The van der Waals surface area contributed by atoms with Gasteiger partial charge in [0.1, 0.15) is 0 Å². The van der Waals surface area contributed by atoms with E-state index in [9.17, 15) is 9.59 Å². The monoisotopic (exact) mass is 548 g/mol. The summed E-state index contributed by atoms with van der Waals surface area (Å²) in [7, 11) is 0. The molecule has 0 saturated carbocycles. The molecule has 6 nitrogen and oxygen atoms in total. The number of carbonyl (C=O) groups excluding carboxylic acids is 2. The highest BCUT2D eigenvalue weighted by Crippen LogP contribution is 2.26. The van der Waals surface area contributed by atoms with E-state index >= 15 is 0 Å². The maximum absolute atomic E-state index is 12.9. The third kappa shape index (κ3) is 6.68. The van der Waals surface area contributed by atoms with E-state index < -0.39 is 0 Å². The lowest BCUT2D eigenvalue weighted by atomic mass is 10.0. The number of Topliss-reactive ketones (excluding diaryl/α,β-unsaturated/α-hetero) is 1. The minimum absolute atomic E-state index is 0.0189. The highest BCUT2D eigenvalue weighted by molar-refractivity contribution is 9.10. The number of rotatable bonds is 10. The Morgan fingerprint density at radius 1 is 1.12 bits per heavy atom. The van der Waals surface area contributed by atoms with E-state index in [0.717, 1.165) is 4.47 Å². The third-order valence-electron chi connectivity index (χ3n) is 5.00. The summed E-state index contributed by atoms with van der Waals surface area (Å²) in [6, 6.07) is 13.9. The van der Waals surface area contributed by atoms with Gasteiger partial charge in [-0.25, -0.2) is 0 Å². The van der Waals surface area contributed by atoms with Crippen molar-refractivity contribution in [1.29, 1.82) is 0 Å². The molecule has 0 radical (unpaired) electrons. The van der Waals surface area contributed by atoms with Gasteiger partial charge in [0.15, 0.2) is 16.8 Å². The second kappa shape index (κ2) is 11.8. The zero-order valence-corrected chi connectivity index (χ0v) is 21.9. The molecule has 1 heterocycles. The first-order chi connectivity index (χ1) is 15.8. The quantitative estimate of drug-likeness (QED) is 0.240. The van der Waals surface area contributed by atoms with Crippen LogP contribution in [0.15, 0.2) is 58.2 Å². The largest absolute Gasteiger partial charge is 0.342 e. The summed E-state index contributed by atoms with van der Waals surface area (Å²) in [6.07, 6.45) is 0.691. The second-order valence-corrected chi connectivity index (χ2v) is 10.2. The molecular formula is C24H26BrClN4O2S. The van der Waals surface area contributed by atoms with Gasteiger partial charge in [-0.15, -0.1) is 10.2 Å². The molecule has 174 valence electrons. The molecule has 3 rings (SSSR count). The van der Waals surface area contributed by atoms with Gasteiger partial charge in [-0.1, -0.05) is 77.4 Å². The first kappa shape index (κ1) is 25.5. The van der Waals surface area contributed by atoms with E-state index in [1.807, 2.05) is 23.6 Å². The van der Waals surface area contributed by atoms with Gasteiger partial charge in [-0.3, -0.25) is 9.59 Å². The molecule has 0 spiro atoms. The number of amides is 1. The van der Waals surface area contributed by atoms with Gasteiger partial charge in [0.25, 0.3) is 5.91 Å². The van der Waals surface area contributed by atoms with Crippen LogP contribution in [0.4, 0.5) is 0 Å². The molecular weight excluding hydrogens is 524 g/mol.